The molecule has 0 bridgehead atoms. The number of nitrogens with zero attached hydrogens (tertiary/aromatic N) is 2. The maximum atomic E-state index is 2.47. The molecular formula is C69H46N2S2. The zero-order chi connectivity index (χ0) is 48.4. The third-order valence-corrected chi connectivity index (χ3v) is 17.9. The van der Waals surface area contributed by atoms with E-state index < -0.39 is 0 Å². The Morgan fingerprint density at radius 1 is 0.301 bits per heavy atom. The molecule has 0 N–H and O–H groups in total. The summed E-state index contributed by atoms with van der Waals surface area (Å²) in [6, 6.07) is 90.9. The molecule has 0 atom stereocenters. The molecule has 0 fully saturated rings. The van der Waals surface area contributed by atoms with E-state index >= 15 is 0 Å². The molecule has 1 aliphatic carbocycles. The molecule has 0 saturated carbocycles. The summed E-state index contributed by atoms with van der Waals surface area (Å²) in [7, 11) is 0. The highest BCUT2D eigenvalue weighted by atomic mass is 32.2. The average molecular weight is 967 g/mol. The molecule has 0 spiro atoms. The Bertz CT molecular complexity index is 4170. The molecule has 3 aliphatic rings. The third-order valence-electron chi connectivity index (χ3n) is 15.6. The minimum atomic E-state index is -0.0374. The summed E-state index contributed by atoms with van der Waals surface area (Å²) >= 11 is 3.69. The minimum Gasteiger partial charge on any atom is -0.308 e. The van der Waals surface area contributed by atoms with Crippen LogP contribution in [0.1, 0.15) is 25.0 Å². The first-order valence-corrected chi connectivity index (χ1v) is 26.8. The first-order chi connectivity index (χ1) is 36.0. The fraction of sp³-hybridized carbons (Fsp3) is 0.0435. The standard InChI is InChI=1S/C69H46N2S2/c1-69(2)57-21-6-5-19-50(57)54-40-46(34-39-58(54)69)43-30-32-45(33-31-43)67-52-37-35-48(71-61-24-9-13-28-65(61)73-66-29-14-10-25-62(66)71)42-56(52)68(51-20-15-17-44-16-3-4-18-49(44)51)53-38-36-47(41-55(53)67)70-59-22-7-11-26-63(59)72-64-27-12-8-23-60(64)70/h3-42H,1-2H3. The van der Waals surface area contributed by atoms with Gasteiger partial charge in [0.25, 0.3) is 0 Å². The highest BCUT2D eigenvalue weighted by molar-refractivity contribution is 8.00. The van der Waals surface area contributed by atoms with Crippen molar-refractivity contribution in [2.75, 3.05) is 9.80 Å². The average Bonchev–Trinajstić information content (AvgIpc) is 3.68. The summed E-state index contributed by atoms with van der Waals surface area (Å²) in [5, 5.41) is 7.31. The Balaban J connectivity index is 1.01. The van der Waals surface area contributed by atoms with Crippen LogP contribution in [-0.2, 0) is 5.41 Å². The van der Waals surface area contributed by atoms with Crippen molar-refractivity contribution in [2.45, 2.75) is 38.8 Å². The van der Waals surface area contributed by atoms with Gasteiger partial charge in [-0.2, -0.15) is 0 Å². The van der Waals surface area contributed by atoms with Crippen molar-refractivity contribution < 1.29 is 0 Å². The van der Waals surface area contributed by atoms with Crippen molar-refractivity contribution in [3.63, 3.8) is 0 Å². The van der Waals surface area contributed by atoms with Gasteiger partial charge in [0.2, 0.25) is 0 Å². The van der Waals surface area contributed by atoms with Gasteiger partial charge in [-0.1, -0.05) is 201 Å². The zero-order valence-corrected chi connectivity index (χ0v) is 41.9. The first-order valence-electron chi connectivity index (χ1n) is 25.2. The predicted octanol–water partition coefficient (Wildman–Crippen LogP) is 20.3. The summed E-state index contributed by atoms with van der Waals surface area (Å²) in [6.07, 6.45) is 0. The van der Waals surface area contributed by atoms with Crippen molar-refractivity contribution in [1.82, 2.24) is 0 Å². The van der Waals surface area contributed by atoms with Crippen LogP contribution in [0.25, 0.3) is 76.8 Å². The van der Waals surface area contributed by atoms with Gasteiger partial charge in [-0.3, -0.25) is 0 Å². The van der Waals surface area contributed by atoms with E-state index in [4.69, 9.17) is 0 Å². The van der Waals surface area contributed by atoms with Gasteiger partial charge in [0, 0.05) is 36.4 Å². The molecule has 0 amide bonds. The number of para-hydroxylation sites is 4. The number of benzene rings is 12. The van der Waals surface area contributed by atoms with E-state index in [1.54, 1.807) is 0 Å². The van der Waals surface area contributed by atoms with Crippen molar-refractivity contribution >= 4 is 90.0 Å². The Hall–Kier alpha value is -8.28. The lowest BCUT2D eigenvalue weighted by Gasteiger charge is -2.34. The van der Waals surface area contributed by atoms with Gasteiger partial charge in [0.05, 0.1) is 22.7 Å². The van der Waals surface area contributed by atoms with Gasteiger partial charge in [-0.05, 0) is 167 Å². The molecule has 0 unspecified atom stereocenters. The largest absolute Gasteiger partial charge is 0.308 e. The van der Waals surface area contributed by atoms with Crippen molar-refractivity contribution in [3.05, 3.63) is 254 Å². The quantitative estimate of drug-likeness (QED) is 0.159. The van der Waals surface area contributed by atoms with Crippen molar-refractivity contribution in [2.24, 2.45) is 0 Å². The van der Waals surface area contributed by atoms with Gasteiger partial charge in [0.1, 0.15) is 0 Å². The number of rotatable bonds is 5. The lowest BCUT2D eigenvalue weighted by molar-refractivity contribution is 0.660. The van der Waals surface area contributed by atoms with Crippen LogP contribution in [0.15, 0.2) is 262 Å². The minimum absolute atomic E-state index is 0.0374. The van der Waals surface area contributed by atoms with Crippen LogP contribution in [0.4, 0.5) is 34.1 Å². The second kappa shape index (κ2) is 16.4. The predicted molar refractivity (Wildman–Crippen MR) is 310 cm³/mol. The molecular weight excluding hydrogens is 921 g/mol. The summed E-state index contributed by atoms with van der Waals surface area (Å²) in [4.78, 5) is 9.93. The summed E-state index contributed by atoms with van der Waals surface area (Å²) in [5.41, 5.74) is 19.8. The zero-order valence-electron chi connectivity index (χ0n) is 40.3. The van der Waals surface area contributed by atoms with E-state index in [9.17, 15) is 0 Å². The normalized spacial score (nSPS) is 13.8. The van der Waals surface area contributed by atoms with E-state index in [2.05, 4.69) is 266 Å². The summed E-state index contributed by atoms with van der Waals surface area (Å²) < 4.78 is 0. The number of hydrogen-bond donors (Lipinski definition) is 0. The molecule has 0 aromatic heterocycles. The molecule has 73 heavy (non-hydrogen) atoms. The van der Waals surface area contributed by atoms with Crippen molar-refractivity contribution in [3.8, 4) is 44.5 Å². The maximum Gasteiger partial charge on any atom is 0.0601 e. The van der Waals surface area contributed by atoms with Gasteiger partial charge in [-0.25, -0.2) is 0 Å². The Kier molecular flexibility index (Phi) is 9.51. The molecule has 12 aromatic rings. The van der Waals surface area contributed by atoms with Crippen molar-refractivity contribution in [1.29, 1.82) is 0 Å². The molecule has 4 heteroatoms. The molecule has 344 valence electrons. The fourth-order valence-electron chi connectivity index (χ4n) is 12.2. The Morgan fingerprint density at radius 3 is 1.37 bits per heavy atom. The lowest BCUT2D eigenvalue weighted by Crippen LogP contribution is -2.15. The van der Waals surface area contributed by atoms with E-state index in [0.717, 1.165) is 11.4 Å². The Morgan fingerprint density at radius 2 is 0.753 bits per heavy atom. The monoisotopic (exact) mass is 966 g/mol. The van der Waals surface area contributed by atoms with Crippen LogP contribution in [0.2, 0.25) is 0 Å². The first kappa shape index (κ1) is 42.4. The van der Waals surface area contributed by atoms with Crippen LogP contribution >= 0.6 is 23.5 Å². The molecule has 0 saturated heterocycles. The number of anilines is 6. The smallest absolute Gasteiger partial charge is 0.0601 e. The maximum absolute atomic E-state index is 2.47. The topological polar surface area (TPSA) is 6.48 Å². The second-order valence-electron chi connectivity index (χ2n) is 20.0. The van der Waals surface area contributed by atoms with Gasteiger partial charge in [0.15, 0.2) is 0 Å². The van der Waals surface area contributed by atoms with Crippen LogP contribution < -0.4 is 9.80 Å². The van der Waals surface area contributed by atoms with Gasteiger partial charge in [-0.15, -0.1) is 0 Å². The number of hydrogen-bond acceptors (Lipinski definition) is 4. The molecule has 2 heterocycles. The van der Waals surface area contributed by atoms with E-state index in [0.29, 0.717) is 0 Å². The number of fused-ring (bicyclic) bond motifs is 10. The van der Waals surface area contributed by atoms with Crippen LogP contribution in [0, 0.1) is 0 Å². The molecule has 2 nitrogen and oxygen atoms in total. The lowest BCUT2D eigenvalue weighted by atomic mass is 9.82. The molecule has 15 rings (SSSR count). The summed E-state index contributed by atoms with van der Waals surface area (Å²) in [5.74, 6) is 0. The van der Waals surface area contributed by atoms with Crippen LogP contribution in [0.3, 0.4) is 0 Å². The highest BCUT2D eigenvalue weighted by Crippen LogP contribution is 2.56. The van der Waals surface area contributed by atoms with Gasteiger partial charge < -0.3 is 9.80 Å². The van der Waals surface area contributed by atoms with Crippen LogP contribution in [0.5, 0.6) is 0 Å². The van der Waals surface area contributed by atoms with E-state index in [1.165, 1.54) is 130 Å². The molecule has 12 aromatic carbocycles. The summed E-state index contributed by atoms with van der Waals surface area (Å²) in [6.45, 7) is 4.71. The van der Waals surface area contributed by atoms with Crippen LogP contribution in [-0.4, -0.2) is 0 Å². The third kappa shape index (κ3) is 6.54. The molecule has 0 radical (unpaired) electrons. The Labute approximate surface area is 434 Å². The van der Waals surface area contributed by atoms with Gasteiger partial charge >= 0.3 is 0 Å². The second-order valence-corrected chi connectivity index (χ2v) is 22.2. The van der Waals surface area contributed by atoms with E-state index in [-0.39, 0.29) is 5.41 Å². The van der Waals surface area contributed by atoms with E-state index in [1.807, 2.05) is 23.5 Å². The fourth-order valence-corrected chi connectivity index (χ4v) is 14.3. The highest BCUT2D eigenvalue weighted by Gasteiger charge is 2.35. The molecule has 2 aliphatic heterocycles. The SMILES string of the molecule is CC1(C)c2ccccc2-c2cc(-c3ccc(-c4c5cc(N6c7ccccc7Sc7ccccc76)ccc5c(-c5cccc6ccccc56)c5cc(N6c7ccccc7Sc7ccccc76)ccc45)cc3)ccc21.